The van der Waals surface area contributed by atoms with Gasteiger partial charge < -0.3 is 4.98 Å². The minimum Gasteiger partial charge on any atom is -0.345 e. The van der Waals surface area contributed by atoms with Crippen LogP contribution in [0, 0.1) is 6.92 Å². The van der Waals surface area contributed by atoms with Crippen molar-refractivity contribution in [2.45, 2.75) is 13.3 Å². The second-order valence-corrected chi connectivity index (χ2v) is 6.29. The number of aromatic nitrogens is 2. The lowest BCUT2D eigenvalue weighted by molar-refractivity contribution is 1.02. The molecular weight excluding hydrogens is 339 g/mol. The van der Waals surface area contributed by atoms with Crippen LogP contribution in [0.3, 0.4) is 0 Å². The Balaban J connectivity index is 1.98. The fraction of sp³-hybridized carbons (Fsp3) is 0.118. The average Bonchev–Trinajstić information content (AvgIpc) is 2.84. The van der Waals surface area contributed by atoms with E-state index in [1.165, 1.54) is 5.56 Å². The maximum Gasteiger partial charge on any atom is 0.111 e. The van der Waals surface area contributed by atoms with Gasteiger partial charge in [-0.25, -0.2) is 4.98 Å². The van der Waals surface area contributed by atoms with E-state index in [0.717, 1.165) is 29.2 Å². The van der Waals surface area contributed by atoms with Crippen LogP contribution in [0.4, 0.5) is 0 Å². The Morgan fingerprint density at radius 3 is 2.36 bits per heavy atom. The largest absolute Gasteiger partial charge is 0.345 e. The lowest BCUT2D eigenvalue weighted by atomic mass is 10.1. The average molecular weight is 352 g/mol. The Morgan fingerprint density at radius 1 is 0.955 bits per heavy atom. The first kappa shape index (κ1) is 15.4. The number of hydrogen-bond donors (Lipinski definition) is 1. The van der Waals surface area contributed by atoms with Crippen molar-refractivity contribution >= 4 is 34.8 Å². The second-order valence-electron chi connectivity index (χ2n) is 5.07. The first-order valence-electron chi connectivity index (χ1n) is 6.79. The van der Waals surface area contributed by atoms with Crippen molar-refractivity contribution < 1.29 is 0 Å². The molecule has 5 heteroatoms. The van der Waals surface area contributed by atoms with Gasteiger partial charge in [-0.2, -0.15) is 0 Å². The highest BCUT2D eigenvalue weighted by Crippen LogP contribution is 2.35. The molecule has 2 nitrogen and oxygen atoms in total. The molecule has 0 aliphatic rings. The smallest absolute Gasteiger partial charge is 0.111 e. The fourth-order valence-electron chi connectivity index (χ4n) is 2.36. The van der Waals surface area contributed by atoms with Gasteiger partial charge >= 0.3 is 0 Å². The van der Waals surface area contributed by atoms with Crippen molar-refractivity contribution in [3.63, 3.8) is 0 Å². The van der Waals surface area contributed by atoms with Gasteiger partial charge in [-0.15, -0.1) is 0 Å². The summed E-state index contributed by atoms with van der Waals surface area (Å²) >= 11 is 18.4. The number of imidazole rings is 1. The van der Waals surface area contributed by atoms with Gasteiger partial charge in [0.05, 0.1) is 20.8 Å². The van der Waals surface area contributed by atoms with Gasteiger partial charge in [0, 0.05) is 17.7 Å². The standard InChI is InChI=1S/C17H13Cl3N2/c1-10-17(12-8-14(19)15(20)9-13(12)18)22-16(21-10)7-11-5-3-2-4-6-11/h2-6,8-9H,7H2,1H3,(H,21,22). The van der Waals surface area contributed by atoms with Crippen molar-refractivity contribution in [3.05, 3.63) is 74.6 Å². The molecule has 0 saturated carbocycles. The van der Waals surface area contributed by atoms with E-state index in [4.69, 9.17) is 34.8 Å². The zero-order chi connectivity index (χ0) is 15.7. The molecule has 0 saturated heterocycles. The molecule has 22 heavy (non-hydrogen) atoms. The van der Waals surface area contributed by atoms with Crippen LogP contribution in [0.15, 0.2) is 42.5 Å². The highest BCUT2D eigenvalue weighted by Gasteiger charge is 2.14. The molecule has 3 aromatic rings. The van der Waals surface area contributed by atoms with E-state index < -0.39 is 0 Å². The molecule has 0 amide bonds. The molecule has 0 aliphatic heterocycles. The number of halogens is 3. The van der Waals surface area contributed by atoms with E-state index >= 15 is 0 Å². The molecule has 3 rings (SSSR count). The zero-order valence-corrected chi connectivity index (χ0v) is 14.1. The van der Waals surface area contributed by atoms with Crippen LogP contribution in [0.2, 0.25) is 15.1 Å². The topological polar surface area (TPSA) is 28.7 Å². The Hall–Kier alpha value is -1.48. The highest BCUT2D eigenvalue weighted by molar-refractivity contribution is 6.44. The fourth-order valence-corrected chi connectivity index (χ4v) is 3.00. The Kier molecular flexibility index (Phi) is 4.44. The molecule has 0 radical (unpaired) electrons. The Labute approximate surface area is 144 Å². The van der Waals surface area contributed by atoms with Crippen LogP contribution in [-0.4, -0.2) is 9.97 Å². The van der Waals surface area contributed by atoms with Gasteiger partial charge in [0.1, 0.15) is 5.82 Å². The third kappa shape index (κ3) is 3.14. The highest BCUT2D eigenvalue weighted by atomic mass is 35.5. The summed E-state index contributed by atoms with van der Waals surface area (Å²) in [5.41, 5.74) is 3.73. The van der Waals surface area contributed by atoms with Crippen molar-refractivity contribution in [2.75, 3.05) is 0 Å². The molecule has 112 valence electrons. The molecule has 0 aliphatic carbocycles. The third-order valence-corrected chi connectivity index (χ3v) is 4.45. The third-order valence-electron chi connectivity index (χ3n) is 3.41. The molecule has 0 fully saturated rings. The maximum absolute atomic E-state index is 6.28. The summed E-state index contributed by atoms with van der Waals surface area (Å²) in [4.78, 5) is 7.97. The summed E-state index contributed by atoms with van der Waals surface area (Å²) in [5, 5.41) is 1.44. The van der Waals surface area contributed by atoms with Crippen LogP contribution < -0.4 is 0 Å². The van der Waals surface area contributed by atoms with Gasteiger partial charge in [0.2, 0.25) is 0 Å². The van der Waals surface area contributed by atoms with E-state index in [1.807, 2.05) is 25.1 Å². The second kappa shape index (κ2) is 6.33. The van der Waals surface area contributed by atoms with E-state index in [0.29, 0.717) is 15.1 Å². The number of hydrogen-bond acceptors (Lipinski definition) is 1. The molecule has 0 spiro atoms. The van der Waals surface area contributed by atoms with Gasteiger partial charge in [-0.1, -0.05) is 65.1 Å². The van der Waals surface area contributed by atoms with E-state index in [1.54, 1.807) is 12.1 Å². The molecular formula is C17H13Cl3N2. The number of H-pyrrole nitrogens is 1. The summed E-state index contributed by atoms with van der Waals surface area (Å²) in [6, 6.07) is 13.6. The Morgan fingerprint density at radius 2 is 1.64 bits per heavy atom. The molecule has 0 atom stereocenters. The summed E-state index contributed by atoms with van der Waals surface area (Å²) in [6.45, 7) is 1.97. The van der Waals surface area contributed by atoms with E-state index in [-0.39, 0.29) is 0 Å². The first-order valence-corrected chi connectivity index (χ1v) is 7.92. The minimum atomic E-state index is 0.438. The monoisotopic (exact) mass is 350 g/mol. The van der Waals surface area contributed by atoms with Crippen LogP contribution >= 0.6 is 34.8 Å². The molecule has 0 unspecified atom stereocenters. The predicted molar refractivity (Wildman–Crippen MR) is 93.0 cm³/mol. The van der Waals surface area contributed by atoms with E-state index in [2.05, 4.69) is 22.1 Å². The van der Waals surface area contributed by atoms with E-state index in [9.17, 15) is 0 Å². The molecule has 1 heterocycles. The van der Waals surface area contributed by atoms with Crippen LogP contribution in [0.5, 0.6) is 0 Å². The van der Waals surface area contributed by atoms with Crippen molar-refractivity contribution in [1.29, 1.82) is 0 Å². The summed E-state index contributed by atoms with van der Waals surface area (Å²) in [5.74, 6) is 0.890. The van der Waals surface area contributed by atoms with Crippen LogP contribution in [-0.2, 0) is 6.42 Å². The van der Waals surface area contributed by atoms with Crippen LogP contribution in [0.1, 0.15) is 17.1 Å². The summed E-state index contributed by atoms with van der Waals surface area (Å²) < 4.78 is 0. The molecule has 1 N–H and O–H groups in total. The van der Waals surface area contributed by atoms with Crippen LogP contribution in [0.25, 0.3) is 11.3 Å². The number of aromatic amines is 1. The van der Waals surface area contributed by atoms with Gasteiger partial charge in [-0.05, 0) is 24.6 Å². The van der Waals surface area contributed by atoms with Crippen molar-refractivity contribution in [3.8, 4) is 11.3 Å². The predicted octanol–water partition coefficient (Wildman–Crippen LogP) is 5.94. The summed E-state index contributed by atoms with van der Waals surface area (Å²) in [6.07, 6.45) is 0.737. The Bertz CT molecular complexity index is 810. The lowest BCUT2D eigenvalue weighted by Crippen LogP contribution is -1.90. The minimum absolute atomic E-state index is 0.438. The molecule has 0 bridgehead atoms. The van der Waals surface area contributed by atoms with Crippen molar-refractivity contribution in [2.24, 2.45) is 0 Å². The number of benzene rings is 2. The quantitative estimate of drug-likeness (QED) is 0.581. The van der Waals surface area contributed by atoms with Gasteiger partial charge in [0.15, 0.2) is 0 Å². The SMILES string of the molecule is Cc1[nH]c(Cc2ccccc2)nc1-c1cc(Cl)c(Cl)cc1Cl. The first-order chi connectivity index (χ1) is 10.5. The molecule has 1 aromatic heterocycles. The maximum atomic E-state index is 6.28. The molecule has 2 aromatic carbocycles. The number of aryl methyl sites for hydroxylation is 1. The number of nitrogens with one attached hydrogen (secondary N) is 1. The van der Waals surface area contributed by atoms with Gasteiger partial charge in [0.25, 0.3) is 0 Å². The zero-order valence-electron chi connectivity index (χ0n) is 11.8. The number of rotatable bonds is 3. The lowest BCUT2D eigenvalue weighted by Gasteiger charge is -2.04. The summed E-state index contributed by atoms with van der Waals surface area (Å²) in [7, 11) is 0. The van der Waals surface area contributed by atoms with Crippen molar-refractivity contribution in [1.82, 2.24) is 9.97 Å². The normalized spacial score (nSPS) is 10.9. The number of nitrogens with zero attached hydrogens (tertiary/aromatic N) is 1. The van der Waals surface area contributed by atoms with Gasteiger partial charge in [-0.3, -0.25) is 0 Å².